The minimum atomic E-state index is -0.413. The van der Waals surface area contributed by atoms with E-state index in [2.05, 4.69) is 20.9 Å². The van der Waals surface area contributed by atoms with Crippen LogP contribution in [-0.4, -0.2) is 4.98 Å². The molecule has 0 aliphatic carbocycles. The zero-order valence-corrected chi connectivity index (χ0v) is 10.8. The van der Waals surface area contributed by atoms with Crippen molar-refractivity contribution in [3.63, 3.8) is 0 Å². The number of hydrogen-bond acceptors (Lipinski definition) is 3. The van der Waals surface area contributed by atoms with Gasteiger partial charge in [-0.1, -0.05) is 27.5 Å². The van der Waals surface area contributed by atoms with Crippen molar-refractivity contribution in [3.8, 4) is 11.6 Å². The van der Waals surface area contributed by atoms with Crippen LogP contribution in [0, 0.1) is 5.82 Å². The number of anilines is 1. The molecule has 0 aliphatic rings. The van der Waals surface area contributed by atoms with Crippen molar-refractivity contribution in [2.45, 2.75) is 0 Å². The minimum Gasteiger partial charge on any atom is -0.439 e. The van der Waals surface area contributed by atoms with E-state index in [0.29, 0.717) is 15.9 Å². The maximum atomic E-state index is 13.1. The molecule has 0 saturated carbocycles. The Hall–Kier alpha value is -1.33. The Morgan fingerprint density at radius 1 is 1.24 bits per heavy atom. The molecule has 2 aromatic rings. The van der Waals surface area contributed by atoms with Crippen LogP contribution in [0.2, 0.25) is 5.15 Å². The van der Waals surface area contributed by atoms with Gasteiger partial charge in [0.15, 0.2) is 0 Å². The molecule has 0 atom stereocenters. The molecule has 6 heteroatoms. The molecular weight excluding hydrogens is 310 g/mol. The molecular formula is C11H7BrClFN2O. The summed E-state index contributed by atoms with van der Waals surface area (Å²) < 4.78 is 19.0. The number of pyridine rings is 1. The highest BCUT2D eigenvalue weighted by atomic mass is 79.9. The molecule has 0 radical (unpaired) electrons. The molecule has 0 bridgehead atoms. The summed E-state index contributed by atoms with van der Waals surface area (Å²) in [4.78, 5) is 3.91. The quantitative estimate of drug-likeness (QED) is 0.851. The molecule has 0 aliphatic heterocycles. The van der Waals surface area contributed by atoms with Gasteiger partial charge in [0.25, 0.3) is 0 Å². The Morgan fingerprint density at radius 3 is 2.65 bits per heavy atom. The van der Waals surface area contributed by atoms with Gasteiger partial charge in [-0.05, 0) is 18.2 Å². The van der Waals surface area contributed by atoms with Crippen molar-refractivity contribution in [1.29, 1.82) is 0 Å². The van der Waals surface area contributed by atoms with E-state index in [0.717, 1.165) is 0 Å². The Bertz CT molecular complexity index is 475. The molecule has 1 aromatic heterocycles. The predicted octanol–water partition coefficient (Wildman–Crippen LogP) is 4.01. The summed E-state index contributed by atoms with van der Waals surface area (Å²) in [6.45, 7) is 0. The topological polar surface area (TPSA) is 48.1 Å². The van der Waals surface area contributed by atoms with Crippen molar-refractivity contribution in [2.75, 3.05) is 5.73 Å². The average molecular weight is 318 g/mol. The van der Waals surface area contributed by atoms with Crippen LogP contribution >= 0.6 is 27.5 Å². The zero-order valence-electron chi connectivity index (χ0n) is 8.45. The van der Waals surface area contributed by atoms with Crippen LogP contribution in [-0.2, 0) is 0 Å². The summed E-state index contributed by atoms with van der Waals surface area (Å²) in [7, 11) is 0. The first kappa shape index (κ1) is 12.1. The molecule has 1 heterocycles. The Labute approximate surface area is 110 Å². The van der Waals surface area contributed by atoms with E-state index in [1.165, 1.54) is 24.3 Å². The van der Waals surface area contributed by atoms with E-state index in [-0.39, 0.29) is 11.0 Å². The number of aromatic nitrogens is 1. The van der Waals surface area contributed by atoms with Crippen LogP contribution < -0.4 is 10.5 Å². The molecule has 3 nitrogen and oxygen atoms in total. The molecule has 88 valence electrons. The van der Waals surface area contributed by atoms with Crippen LogP contribution in [0.4, 0.5) is 10.1 Å². The molecule has 2 N–H and O–H groups in total. The summed E-state index contributed by atoms with van der Waals surface area (Å²) >= 11 is 8.89. The average Bonchev–Trinajstić information content (AvgIpc) is 2.13. The second-order valence-electron chi connectivity index (χ2n) is 3.27. The summed E-state index contributed by atoms with van der Waals surface area (Å²) in [5.74, 6) is 0.114. The third-order valence-corrected chi connectivity index (χ3v) is 2.50. The highest BCUT2D eigenvalue weighted by Crippen LogP contribution is 2.26. The van der Waals surface area contributed by atoms with E-state index in [1.54, 1.807) is 6.07 Å². The van der Waals surface area contributed by atoms with Gasteiger partial charge >= 0.3 is 0 Å². The monoisotopic (exact) mass is 316 g/mol. The molecule has 0 amide bonds. The number of nitrogen functional groups attached to an aromatic ring is 1. The summed E-state index contributed by atoms with van der Waals surface area (Å²) in [6, 6.07) is 7.18. The molecule has 0 saturated heterocycles. The molecule has 0 unspecified atom stereocenters. The van der Waals surface area contributed by atoms with Crippen LogP contribution in [0.5, 0.6) is 11.6 Å². The Balaban J connectivity index is 2.31. The van der Waals surface area contributed by atoms with Crippen LogP contribution in [0.1, 0.15) is 0 Å². The Morgan fingerprint density at radius 2 is 2.00 bits per heavy atom. The van der Waals surface area contributed by atoms with Gasteiger partial charge in [-0.3, -0.25) is 0 Å². The maximum Gasteiger partial charge on any atom is 0.222 e. The Kier molecular flexibility index (Phi) is 3.49. The van der Waals surface area contributed by atoms with Gasteiger partial charge in [0.2, 0.25) is 5.88 Å². The normalized spacial score (nSPS) is 10.3. The molecule has 17 heavy (non-hydrogen) atoms. The standard InChI is InChI=1S/C11H7BrClFN2O/c12-6-1-7(14)3-9(2-6)17-11-5-8(15)4-10(13)16-11/h1-5H,(H2,15,16). The third-order valence-electron chi connectivity index (χ3n) is 1.85. The van der Waals surface area contributed by atoms with E-state index in [4.69, 9.17) is 22.1 Å². The number of benzene rings is 1. The molecule has 0 fully saturated rings. The lowest BCUT2D eigenvalue weighted by atomic mass is 10.3. The van der Waals surface area contributed by atoms with Crippen molar-refractivity contribution >= 4 is 33.2 Å². The van der Waals surface area contributed by atoms with Crippen molar-refractivity contribution < 1.29 is 9.13 Å². The lowest BCUT2D eigenvalue weighted by Gasteiger charge is -2.06. The lowest BCUT2D eigenvalue weighted by molar-refractivity contribution is 0.458. The zero-order chi connectivity index (χ0) is 12.4. The second kappa shape index (κ2) is 4.89. The summed E-state index contributed by atoms with van der Waals surface area (Å²) in [6.07, 6.45) is 0. The van der Waals surface area contributed by atoms with Gasteiger partial charge in [-0.15, -0.1) is 0 Å². The minimum absolute atomic E-state index is 0.215. The van der Waals surface area contributed by atoms with E-state index in [9.17, 15) is 4.39 Å². The fourth-order valence-corrected chi connectivity index (χ4v) is 1.91. The van der Waals surface area contributed by atoms with Crippen molar-refractivity contribution in [3.05, 3.63) is 45.8 Å². The highest BCUT2D eigenvalue weighted by molar-refractivity contribution is 9.10. The largest absolute Gasteiger partial charge is 0.439 e. The van der Waals surface area contributed by atoms with Crippen LogP contribution in [0.15, 0.2) is 34.8 Å². The predicted molar refractivity (Wildman–Crippen MR) is 67.8 cm³/mol. The molecule has 2 rings (SSSR count). The third kappa shape index (κ3) is 3.31. The van der Waals surface area contributed by atoms with E-state index in [1.807, 2.05) is 0 Å². The van der Waals surface area contributed by atoms with Gasteiger partial charge in [0.1, 0.15) is 16.7 Å². The molecule has 0 spiro atoms. The highest BCUT2D eigenvalue weighted by Gasteiger charge is 2.04. The van der Waals surface area contributed by atoms with Gasteiger partial charge in [0.05, 0.1) is 0 Å². The van der Waals surface area contributed by atoms with Crippen molar-refractivity contribution in [2.24, 2.45) is 0 Å². The smallest absolute Gasteiger partial charge is 0.222 e. The van der Waals surface area contributed by atoms with E-state index >= 15 is 0 Å². The maximum absolute atomic E-state index is 13.1. The number of halogens is 3. The van der Waals surface area contributed by atoms with Gasteiger partial charge < -0.3 is 10.5 Å². The van der Waals surface area contributed by atoms with Gasteiger partial charge in [0, 0.05) is 22.3 Å². The number of nitrogens with two attached hydrogens (primary N) is 1. The van der Waals surface area contributed by atoms with E-state index < -0.39 is 5.82 Å². The first-order valence-electron chi connectivity index (χ1n) is 4.60. The SMILES string of the molecule is Nc1cc(Cl)nc(Oc2cc(F)cc(Br)c2)c1. The fraction of sp³-hybridized carbons (Fsp3) is 0. The number of ether oxygens (including phenoxy) is 1. The molecule has 1 aromatic carbocycles. The fourth-order valence-electron chi connectivity index (χ4n) is 1.25. The number of hydrogen-bond donors (Lipinski definition) is 1. The van der Waals surface area contributed by atoms with Crippen LogP contribution in [0.3, 0.4) is 0 Å². The second-order valence-corrected chi connectivity index (χ2v) is 4.57. The first-order valence-corrected chi connectivity index (χ1v) is 5.77. The summed E-state index contributed by atoms with van der Waals surface area (Å²) in [5, 5.41) is 0.218. The van der Waals surface area contributed by atoms with Crippen molar-refractivity contribution in [1.82, 2.24) is 4.98 Å². The first-order chi connectivity index (χ1) is 8.02. The van der Waals surface area contributed by atoms with Crippen LogP contribution in [0.25, 0.3) is 0 Å². The summed E-state index contributed by atoms with van der Waals surface area (Å²) in [5.41, 5.74) is 6.01. The number of nitrogens with zero attached hydrogens (tertiary/aromatic N) is 1. The van der Waals surface area contributed by atoms with Gasteiger partial charge in [-0.25, -0.2) is 9.37 Å². The number of rotatable bonds is 2. The van der Waals surface area contributed by atoms with Gasteiger partial charge in [-0.2, -0.15) is 0 Å². The lowest BCUT2D eigenvalue weighted by Crippen LogP contribution is -1.92.